The summed E-state index contributed by atoms with van der Waals surface area (Å²) in [5, 5.41) is 3.94. The Bertz CT molecular complexity index is 495. The van der Waals surface area contributed by atoms with Crippen LogP contribution in [0.1, 0.15) is 10.4 Å². The van der Waals surface area contributed by atoms with Crippen LogP contribution >= 0.6 is 15.9 Å². The van der Waals surface area contributed by atoms with E-state index >= 15 is 0 Å². The molecule has 0 radical (unpaired) electrons. The summed E-state index contributed by atoms with van der Waals surface area (Å²) in [6.45, 7) is 0. The van der Waals surface area contributed by atoms with Gasteiger partial charge in [-0.05, 0) is 18.2 Å². The number of aromatic nitrogens is 3. The Morgan fingerprint density at radius 2 is 2.27 bits per heavy atom. The molecule has 5 nitrogen and oxygen atoms in total. The number of rotatable bonds is 2. The van der Waals surface area contributed by atoms with Gasteiger partial charge >= 0.3 is 0 Å². The van der Waals surface area contributed by atoms with Crippen molar-refractivity contribution in [3.8, 4) is 5.69 Å². The van der Waals surface area contributed by atoms with Crippen LogP contribution in [0.15, 0.2) is 35.3 Å². The second-order valence-corrected chi connectivity index (χ2v) is 3.78. The highest BCUT2D eigenvalue weighted by Crippen LogP contribution is 2.18. The third kappa shape index (κ3) is 1.89. The van der Waals surface area contributed by atoms with Crippen molar-refractivity contribution in [1.29, 1.82) is 0 Å². The van der Waals surface area contributed by atoms with Crippen molar-refractivity contribution < 1.29 is 4.79 Å². The second kappa shape index (κ2) is 3.82. The molecule has 0 fully saturated rings. The molecule has 0 saturated heterocycles. The van der Waals surface area contributed by atoms with Crippen LogP contribution in [0.25, 0.3) is 5.69 Å². The Morgan fingerprint density at radius 1 is 1.47 bits per heavy atom. The number of nitrogens with zero attached hydrogens (tertiary/aromatic N) is 3. The molecule has 0 aliphatic carbocycles. The van der Waals surface area contributed by atoms with E-state index in [0.29, 0.717) is 11.3 Å². The number of hydrogen-bond donors (Lipinski definition) is 1. The molecule has 0 saturated carbocycles. The summed E-state index contributed by atoms with van der Waals surface area (Å²) in [6.07, 6.45) is 2.91. The minimum absolute atomic E-state index is 0.398. The van der Waals surface area contributed by atoms with Crippen molar-refractivity contribution in [1.82, 2.24) is 14.8 Å². The van der Waals surface area contributed by atoms with E-state index in [0.717, 1.165) is 4.47 Å². The monoisotopic (exact) mass is 266 g/mol. The van der Waals surface area contributed by atoms with E-state index in [2.05, 4.69) is 26.0 Å². The Kier molecular flexibility index (Phi) is 2.51. The summed E-state index contributed by atoms with van der Waals surface area (Å²) in [4.78, 5) is 15.0. The number of carbonyl (C=O) groups excluding carboxylic acids is 1. The third-order valence-electron chi connectivity index (χ3n) is 1.89. The molecule has 0 aliphatic heterocycles. The molecule has 0 bridgehead atoms. The van der Waals surface area contributed by atoms with Crippen molar-refractivity contribution >= 4 is 21.8 Å². The normalized spacial score (nSPS) is 10.2. The van der Waals surface area contributed by atoms with Gasteiger partial charge in [-0.15, -0.1) is 0 Å². The Hall–Kier alpha value is -1.69. The van der Waals surface area contributed by atoms with Crippen molar-refractivity contribution in [2.45, 2.75) is 0 Å². The van der Waals surface area contributed by atoms with Crippen LogP contribution < -0.4 is 5.73 Å². The highest BCUT2D eigenvalue weighted by Gasteiger charge is 2.10. The predicted octanol–water partition coefficient (Wildman–Crippen LogP) is 1.13. The number of nitrogens with two attached hydrogens (primary N) is 1. The van der Waals surface area contributed by atoms with Crippen molar-refractivity contribution in [2.24, 2.45) is 5.73 Å². The van der Waals surface area contributed by atoms with Gasteiger partial charge in [-0.1, -0.05) is 15.9 Å². The molecule has 2 aromatic rings. The van der Waals surface area contributed by atoms with Crippen LogP contribution in [0.5, 0.6) is 0 Å². The van der Waals surface area contributed by atoms with Gasteiger partial charge in [0.05, 0.1) is 11.3 Å². The van der Waals surface area contributed by atoms with Gasteiger partial charge in [0.15, 0.2) is 0 Å². The molecule has 0 atom stereocenters. The molecule has 1 heterocycles. The Labute approximate surface area is 94.0 Å². The fraction of sp³-hybridized carbons (Fsp3) is 0. The lowest BCUT2D eigenvalue weighted by Gasteiger charge is -2.06. The first kappa shape index (κ1) is 9.85. The average Bonchev–Trinajstić information content (AvgIpc) is 2.70. The number of hydrogen-bond acceptors (Lipinski definition) is 3. The van der Waals surface area contributed by atoms with Crippen LogP contribution in [-0.2, 0) is 0 Å². The lowest BCUT2D eigenvalue weighted by Crippen LogP contribution is -2.14. The molecular formula is C9H7BrN4O. The van der Waals surface area contributed by atoms with E-state index in [-0.39, 0.29) is 0 Å². The Morgan fingerprint density at radius 3 is 2.87 bits per heavy atom. The van der Waals surface area contributed by atoms with Gasteiger partial charge in [-0.25, -0.2) is 9.67 Å². The molecule has 0 aliphatic rings. The molecule has 0 spiro atoms. The zero-order valence-corrected chi connectivity index (χ0v) is 9.18. The highest BCUT2D eigenvalue weighted by molar-refractivity contribution is 9.10. The predicted molar refractivity (Wildman–Crippen MR) is 57.6 cm³/mol. The summed E-state index contributed by atoms with van der Waals surface area (Å²) >= 11 is 3.27. The first-order valence-corrected chi connectivity index (χ1v) is 4.92. The molecule has 1 aromatic carbocycles. The van der Waals surface area contributed by atoms with Crippen LogP contribution in [-0.4, -0.2) is 20.7 Å². The minimum atomic E-state index is -0.498. The van der Waals surface area contributed by atoms with Gasteiger partial charge in [0.1, 0.15) is 12.7 Å². The van der Waals surface area contributed by atoms with Gasteiger partial charge in [0.2, 0.25) is 0 Å². The molecule has 6 heteroatoms. The van der Waals surface area contributed by atoms with E-state index in [1.165, 1.54) is 17.3 Å². The summed E-state index contributed by atoms with van der Waals surface area (Å²) in [5.41, 5.74) is 6.28. The first-order chi connectivity index (χ1) is 7.18. The van der Waals surface area contributed by atoms with Gasteiger partial charge in [0, 0.05) is 4.47 Å². The number of carbonyl (C=O) groups is 1. The van der Waals surface area contributed by atoms with Crippen LogP contribution in [0.3, 0.4) is 0 Å². The molecular weight excluding hydrogens is 260 g/mol. The lowest BCUT2D eigenvalue weighted by atomic mass is 10.2. The van der Waals surface area contributed by atoms with Crippen LogP contribution in [0, 0.1) is 0 Å². The molecule has 1 amide bonds. The SMILES string of the molecule is NC(=O)c1cc(Br)ccc1-n1cncn1. The zero-order chi connectivity index (χ0) is 10.8. The van der Waals surface area contributed by atoms with E-state index in [1.807, 2.05) is 6.07 Å². The molecule has 2 N–H and O–H groups in total. The lowest BCUT2D eigenvalue weighted by molar-refractivity contribution is 0.1000. The van der Waals surface area contributed by atoms with Crippen LogP contribution in [0.4, 0.5) is 0 Å². The topological polar surface area (TPSA) is 73.8 Å². The smallest absolute Gasteiger partial charge is 0.250 e. The maximum Gasteiger partial charge on any atom is 0.250 e. The molecule has 1 aromatic heterocycles. The summed E-state index contributed by atoms with van der Waals surface area (Å²) < 4.78 is 2.28. The Balaban J connectivity index is 2.61. The molecule has 76 valence electrons. The molecule has 0 unspecified atom stereocenters. The third-order valence-corrected chi connectivity index (χ3v) is 2.38. The van der Waals surface area contributed by atoms with E-state index in [9.17, 15) is 4.79 Å². The standard InChI is InChI=1S/C9H7BrN4O/c10-6-1-2-8(7(3-6)9(11)15)14-5-12-4-13-14/h1-5H,(H2,11,15). The quantitative estimate of drug-likeness (QED) is 0.886. The zero-order valence-electron chi connectivity index (χ0n) is 7.59. The molecule has 2 rings (SSSR count). The van der Waals surface area contributed by atoms with Crippen molar-refractivity contribution in [3.05, 3.63) is 40.9 Å². The number of primary amides is 1. The first-order valence-electron chi connectivity index (χ1n) is 4.13. The van der Waals surface area contributed by atoms with E-state index in [1.54, 1.807) is 12.1 Å². The highest BCUT2D eigenvalue weighted by atomic mass is 79.9. The maximum atomic E-state index is 11.2. The summed E-state index contributed by atoms with van der Waals surface area (Å²) in [7, 11) is 0. The van der Waals surface area contributed by atoms with E-state index in [4.69, 9.17) is 5.73 Å². The van der Waals surface area contributed by atoms with Crippen LogP contribution in [0.2, 0.25) is 0 Å². The average molecular weight is 267 g/mol. The van der Waals surface area contributed by atoms with Gasteiger partial charge in [-0.2, -0.15) is 5.10 Å². The summed E-state index contributed by atoms with van der Waals surface area (Å²) in [6, 6.07) is 5.21. The second-order valence-electron chi connectivity index (χ2n) is 2.87. The fourth-order valence-corrected chi connectivity index (χ4v) is 1.60. The number of halogens is 1. The van der Waals surface area contributed by atoms with Gasteiger partial charge < -0.3 is 5.73 Å². The number of benzene rings is 1. The van der Waals surface area contributed by atoms with Gasteiger partial charge in [-0.3, -0.25) is 4.79 Å². The van der Waals surface area contributed by atoms with Crippen molar-refractivity contribution in [2.75, 3.05) is 0 Å². The number of amides is 1. The van der Waals surface area contributed by atoms with Crippen molar-refractivity contribution in [3.63, 3.8) is 0 Å². The van der Waals surface area contributed by atoms with E-state index < -0.39 is 5.91 Å². The maximum absolute atomic E-state index is 11.2. The fourth-order valence-electron chi connectivity index (χ4n) is 1.24. The minimum Gasteiger partial charge on any atom is -0.366 e. The van der Waals surface area contributed by atoms with Gasteiger partial charge in [0.25, 0.3) is 5.91 Å². The summed E-state index contributed by atoms with van der Waals surface area (Å²) in [5.74, 6) is -0.498. The molecule has 15 heavy (non-hydrogen) atoms. The largest absolute Gasteiger partial charge is 0.366 e.